The molecule has 1 aromatic heterocycles. The van der Waals surface area contributed by atoms with Gasteiger partial charge in [0, 0.05) is 15.0 Å². The molecular formula is C9H4Br3N3O. The second-order valence-electron chi connectivity index (χ2n) is 2.73. The zero-order valence-electron chi connectivity index (χ0n) is 7.69. The van der Waals surface area contributed by atoms with E-state index in [2.05, 4.69) is 63.2 Å². The Bertz CT molecular complexity index is 507. The molecule has 1 aromatic carbocycles. The summed E-state index contributed by atoms with van der Waals surface area (Å²) in [6, 6.07) is 5.33. The van der Waals surface area contributed by atoms with Gasteiger partial charge in [-0.1, -0.05) is 5.10 Å². The summed E-state index contributed by atoms with van der Waals surface area (Å²) in [5.41, 5.74) is 0. The van der Waals surface area contributed by atoms with Crippen molar-refractivity contribution in [2.24, 2.45) is 0 Å². The Kier molecular flexibility index (Phi) is 3.88. The van der Waals surface area contributed by atoms with E-state index >= 15 is 0 Å². The lowest BCUT2D eigenvalue weighted by Gasteiger charge is -2.08. The fraction of sp³-hybridized carbons (Fsp3) is 0. The highest BCUT2D eigenvalue weighted by atomic mass is 79.9. The number of aromatic nitrogens is 3. The van der Waals surface area contributed by atoms with Crippen LogP contribution in [0, 0.1) is 0 Å². The number of rotatable bonds is 2. The van der Waals surface area contributed by atoms with Crippen LogP contribution in [0.1, 0.15) is 0 Å². The van der Waals surface area contributed by atoms with E-state index in [9.17, 15) is 0 Å². The SMILES string of the molecule is Brc1ccc(Oc2ccnnn2)c(Br)c1Br. The van der Waals surface area contributed by atoms with Crippen molar-refractivity contribution in [1.82, 2.24) is 15.4 Å². The minimum absolute atomic E-state index is 0.393. The normalized spacial score (nSPS) is 10.2. The highest BCUT2D eigenvalue weighted by Crippen LogP contribution is 2.39. The minimum Gasteiger partial charge on any atom is -0.436 e. The third-order valence-electron chi connectivity index (χ3n) is 1.69. The number of nitrogens with zero attached hydrogens (tertiary/aromatic N) is 3. The number of hydrogen-bond acceptors (Lipinski definition) is 4. The first-order valence-electron chi connectivity index (χ1n) is 4.14. The van der Waals surface area contributed by atoms with Gasteiger partial charge in [-0.15, -0.1) is 5.10 Å². The van der Waals surface area contributed by atoms with Gasteiger partial charge in [0.25, 0.3) is 0 Å². The van der Waals surface area contributed by atoms with E-state index in [1.54, 1.807) is 6.07 Å². The molecule has 0 aliphatic carbocycles. The summed E-state index contributed by atoms with van der Waals surface area (Å²) in [6.07, 6.45) is 1.52. The van der Waals surface area contributed by atoms with Gasteiger partial charge in [0.05, 0.1) is 10.7 Å². The van der Waals surface area contributed by atoms with E-state index in [0.717, 1.165) is 13.4 Å². The molecule has 2 rings (SSSR count). The van der Waals surface area contributed by atoms with Crippen LogP contribution in [-0.2, 0) is 0 Å². The summed E-state index contributed by atoms with van der Waals surface area (Å²) in [6.45, 7) is 0. The molecule has 0 saturated carbocycles. The minimum atomic E-state index is 0.393. The number of benzene rings is 1. The number of ether oxygens (including phenoxy) is 1. The molecule has 0 N–H and O–H groups in total. The molecule has 1 heterocycles. The molecule has 4 nitrogen and oxygen atoms in total. The van der Waals surface area contributed by atoms with Crippen LogP contribution in [0.15, 0.2) is 37.8 Å². The first-order chi connectivity index (χ1) is 7.68. The lowest BCUT2D eigenvalue weighted by molar-refractivity contribution is 0.447. The van der Waals surface area contributed by atoms with Crippen molar-refractivity contribution in [1.29, 1.82) is 0 Å². The van der Waals surface area contributed by atoms with Gasteiger partial charge in [0.1, 0.15) is 5.75 Å². The summed E-state index contributed by atoms with van der Waals surface area (Å²) < 4.78 is 8.16. The second kappa shape index (κ2) is 5.20. The van der Waals surface area contributed by atoms with E-state index in [4.69, 9.17) is 4.74 Å². The predicted octanol–water partition coefficient (Wildman–Crippen LogP) is 3.95. The summed E-state index contributed by atoms with van der Waals surface area (Å²) in [7, 11) is 0. The Morgan fingerprint density at radius 3 is 2.50 bits per heavy atom. The van der Waals surface area contributed by atoms with Crippen molar-refractivity contribution in [2.45, 2.75) is 0 Å². The topological polar surface area (TPSA) is 47.9 Å². The Morgan fingerprint density at radius 1 is 1.00 bits per heavy atom. The summed E-state index contributed by atoms with van der Waals surface area (Å²) in [5.74, 6) is 1.04. The molecule has 0 unspecified atom stereocenters. The molecule has 0 radical (unpaired) electrons. The van der Waals surface area contributed by atoms with Crippen LogP contribution in [0.5, 0.6) is 11.6 Å². The third kappa shape index (κ3) is 2.58. The van der Waals surface area contributed by atoms with E-state index in [1.165, 1.54) is 6.20 Å². The number of hydrogen-bond donors (Lipinski definition) is 0. The lowest BCUT2D eigenvalue weighted by atomic mass is 10.3. The molecule has 2 aromatic rings. The van der Waals surface area contributed by atoms with E-state index in [0.29, 0.717) is 11.6 Å². The molecule has 0 fully saturated rings. The first kappa shape index (κ1) is 11.9. The molecule has 0 saturated heterocycles. The van der Waals surface area contributed by atoms with Gasteiger partial charge < -0.3 is 4.74 Å². The van der Waals surface area contributed by atoms with Crippen LogP contribution in [-0.4, -0.2) is 15.4 Å². The zero-order valence-corrected chi connectivity index (χ0v) is 12.5. The average molecular weight is 410 g/mol. The van der Waals surface area contributed by atoms with Gasteiger partial charge in [-0.3, -0.25) is 0 Å². The second-order valence-corrected chi connectivity index (χ2v) is 5.17. The Labute approximate surface area is 117 Å². The van der Waals surface area contributed by atoms with Crippen molar-refractivity contribution in [3.63, 3.8) is 0 Å². The molecule has 82 valence electrons. The summed E-state index contributed by atoms with van der Waals surface area (Å²) in [4.78, 5) is 0. The fourth-order valence-electron chi connectivity index (χ4n) is 0.984. The Morgan fingerprint density at radius 2 is 1.81 bits per heavy atom. The van der Waals surface area contributed by atoms with Crippen LogP contribution >= 0.6 is 47.8 Å². The average Bonchev–Trinajstić information content (AvgIpc) is 2.31. The van der Waals surface area contributed by atoms with Crippen molar-refractivity contribution in [3.8, 4) is 11.6 Å². The quantitative estimate of drug-likeness (QED) is 0.705. The molecule has 0 bridgehead atoms. The largest absolute Gasteiger partial charge is 0.436 e. The standard InChI is InChI=1S/C9H4Br3N3O/c10-5-1-2-6(9(12)8(5)11)16-7-3-4-13-15-14-7/h1-4H. The van der Waals surface area contributed by atoms with E-state index in [-0.39, 0.29) is 0 Å². The zero-order chi connectivity index (χ0) is 11.5. The number of halogens is 3. The van der Waals surface area contributed by atoms with Gasteiger partial charge in [-0.05, 0) is 65.1 Å². The molecule has 0 amide bonds. The van der Waals surface area contributed by atoms with Crippen LogP contribution < -0.4 is 4.74 Å². The van der Waals surface area contributed by atoms with Gasteiger partial charge in [0.15, 0.2) is 0 Å². The van der Waals surface area contributed by atoms with Gasteiger partial charge in [-0.25, -0.2) is 0 Å². The van der Waals surface area contributed by atoms with Crippen LogP contribution in [0.3, 0.4) is 0 Å². The van der Waals surface area contributed by atoms with E-state index in [1.807, 2.05) is 12.1 Å². The summed E-state index contributed by atoms with van der Waals surface area (Å²) in [5, 5.41) is 10.8. The third-order valence-corrected chi connectivity index (χ3v) is 5.03. The first-order valence-corrected chi connectivity index (χ1v) is 6.52. The molecular weight excluding hydrogens is 406 g/mol. The molecule has 7 heteroatoms. The van der Waals surface area contributed by atoms with Crippen molar-refractivity contribution in [3.05, 3.63) is 37.8 Å². The van der Waals surface area contributed by atoms with Crippen molar-refractivity contribution < 1.29 is 4.74 Å². The maximum atomic E-state index is 5.53. The maximum absolute atomic E-state index is 5.53. The fourth-order valence-corrected chi connectivity index (χ4v) is 2.33. The van der Waals surface area contributed by atoms with E-state index < -0.39 is 0 Å². The monoisotopic (exact) mass is 407 g/mol. The molecule has 0 aliphatic heterocycles. The molecule has 0 aliphatic rings. The predicted molar refractivity (Wildman–Crippen MR) is 69.4 cm³/mol. The van der Waals surface area contributed by atoms with Gasteiger partial charge >= 0.3 is 0 Å². The Balaban J connectivity index is 2.33. The highest BCUT2D eigenvalue weighted by Gasteiger charge is 2.09. The van der Waals surface area contributed by atoms with Crippen LogP contribution in [0.25, 0.3) is 0 Å². The van der Waals surface area contributed by atoms with Gasteiger partial charge in [0.2, 0.25) is 5.88 Å². The van der Waals surface area contributed by atoms with Gasteiger partial charge in [-0.2, -0.15) is 0 Å². The Hall–Kier alpha value is -0.530. The van der Waals surface area contributed by atoms with Crippen LogP contribution in [0.2, 0.25) is 0 Å². The maximum Gasteiger partial charge on any atom is 0.242 e. The highest BCUT2D eigenvalue weighted by molar-refractivity contribution is 9.14. The lowest BCUT2D eigenvalue weighted by Crippen LogP contribution is -1.92. The molecule has 0 atom stereocenters. The smallest absolute Gasteiger partial charge is 0.242 e. The van der Waals surface area contributed by atoms with Crippen molar-refractivity contribution in [2.75, 3.05) is 0 Å². The molecule has 16 heavy (non-hydrogen) atoms. The van der Waals surface area contributed by atoms with Crippen LogP contribution in [0.4, 0.5) is 0 Å². The summed E-state index contributed by atoms with van der Waals surface area (Å²) >= 11 is 10.2. The molecule has 0 spiro atoms. The van der Waals surface area contributed by atoms with Crippen molar-refractivity contribution >= 4 is 47.8 Å².